The van der Waals surface area contributed by atoms with Crippen molar-refractivity contribution in [3.8, 4) is 0 Å². The van der Waals surface area contributed by atoms with Crippen LogP contribution >= 0.6 is 0 Å². The van der Waals surface area contributed by atoms with Crippen LogP contribution in [0.4, 0.5) is 17.5 Å². The number of aromatic nitrogens is 2. The van der Waals surface area contributed by atoms with Crippen LogP contribution < -0.4 is 22.3 Å². The van der Waals surface area contributed by atoms with Crippen LogP contribution in [0.1, 0.15) is 19.0 Å². The number of anilines is 2. The van der Waals surface area contributed by atoms with E-state index >= 15 is 0 Å². The fraction of sp³-hybridized carbons (Fsp3) is 0.444. The zero-order chi connectivity index (χ0) is 14.6. The summed E-state index contributed by atoms with van der Waals surface area (Å²) in [5.41, 5.74) is 7.15. The Kier molecular flexibility index (Phi) is 4.53. The van der Waals surface area contributed by atoms with E-state index in [1.54, 1.807) is 6.92 Å². The van der Waals surface area contributed by atoms with Crippen molar-refractivity contribution < 1.29 is 9.72 Å². The lowest BCUT2D eigenvalue weighted by Gasteiger charge is -2.14. The molecule has 104 valence electrons. The third-order valence-electron chi connectivity index (χ3n) is 2.26. The molecule has 0 aliphatic rings. The summed E-state index contributed by atoms with van der Waals surface area (Å²) in [7, 11) is 0. The normalized spacial score (nSPS) is 11.7. The quantitative estimate of drug-likeness (QED) is 0.309. The molecular formula is C9H15N7O3. The number of nitrogens with one attached hydrogen (secondary N) is 2. The van der Waals surface area contributed by atoms with Gasteiger partial charge in [0, 0.05) is 12.5 Å². The van der Waals surface area contributed by atoms with Gasteiger partial charge in [-0.3, -0.25) is 20.3 Å². The lowest BCUT2D eigenvalue weighted by atomic mass is 10.2. The number of amides is 1. The second kappa shape index (κ2) is 5.91. The van der Waals surface area contributed by atoms with Gasteiger partial charge in [-0.2, -0.15) is 4.98 Å². The number of aryl methyl sites for hydroxylation is 1. The average Bonchev–Trinajstić information content (AvgIpc) is 2.26. The largest absolute Gasteiger partial charge is 0.370 e. The standard InChI is InChI=1S/C9H15N7O3/c1-4(3-6(10)17)12-8-7(16(18)19)5(2)13-9(14-8)15-11/h4H,3,11H2,1-2H3,(H2,10,17)(H2,12,13,14,15). The van der Waals surface area contributed by atoms with E-state index in [2.05, 4.69) is 20.7 Å². The summed E-state index contributed by atoms with van der Waals surface area (Å²) in [6.07, 6.45) is 0.0194. The van der Waals surface area contributed by atoms with Gasteiger partial charge >= 0.3 is 5.69 Å². The Labute approximate surface area is 108 Å². The summed E-state index contributed by atoms with van der Waals surface area (Å²) in [5, 5.41) is 13.7. The molecule has 1 aromatic heterocycles. The van der Waals surface area contributed by atoms with E-state index in [0.717, 1.165) is 0 Å². The molecule has 0 fully saturated rings. The second-order valence-corrected chi connectivity index (χ2v) is 3.95. The highest BCUT2D eigenvalue weighted by Gasteiger charge is 2.23. The summed E-state index contributed by atoms with van der Waals surface area (Å²) in [6, 6.07) is -0.406. The molecule has 0 aliphatic carbocycles. The molecular weight excluding hydrogens is 254 g/mol. The predicted octanol–water partition coefficient (Wildman–Crippen LogP) is -0.345. The van der Waals surface area contributed by atoms with Gasteiger partial charge in [0.05, 0.1) is 4.92 Å². The number of carbonyl (C=O) groups is 1. The maximum Gasteiger partial charge on any atom is 0.332 e. The third kappa shape index (κ3) is 3.74. The van der Waals surface area contributed by atoms with Crippen LogP contribution in [0.3, 0.4) is 0 Å². The highest BCUT2D eigenvalue weighted by molar-refractivity contribution is 5.75. The Bertz CT molecular complexity index is 505. The molecule has 0 aromatic carbocycles. The highest BCUT2D eigenvalue weighted by Crippen LogP contribution is 2.27. The molecule has 19 heavy (non-hydrogen) atoms. The van der Waals surface area contributed by atoms with E-state index in [1.807, 2.05) is 0 Å². The molecule has 1 rings (SSSR count). The Morgan fingerprint density at radius 3 is 2.63 bits per heavy atom. The molecule has 1 aromatic rings. The van der Waals surface area contributed by atoms with Gasteiger partial charge in [-0.05, 0) is 13.8 Å². The molecule has 1 amide bonds. The van der Waals surface area contributed by atoms with Crippen molar-refractivity contribution in [2.45, 2.75) is 26.3 Å². The summed E-state index contributed by atoms with van der Waals surface area (Å²) in [6.45, 7) is 3.12. The van der Waals surface area contributed by atoms with E-state index in [-0.39, 0.29) is 29.6 Å². The van der Waals surface area contributed by atoms with Crippen LogP contribution in [0, 0.1) is 17.0 Å². The minimum atomic E-state index is -0.602. The topological polar surface area (TPSA) is 162 Å². The Morgan fingerprint density at radius 2 is 2.16 bits per heavy atom. The lowest BCUT2D eigenvalue weighted by Crippen LogP contribution is -2.25. The second-order valence-electron chi connectivity index (χ2n) is 3.95. The van der Waals surface area contributed by atoms with E-state index in [4.69, 9.17) is 11.6 Å². The molecule has 1 unspecified atom stereocenters. The molecule has 1 heterocycles. The Hall–Kier alpha value is -2.49. The zero-order valence-electron chi connectivity index (χ0n) is 10.5. The van der Waals surface area contributed by atoms with Gasteiger partial charge in [0.2, 0.25) is 17.7 Å². The van der Waals surface area contributed by atoms with Crippen LogP contribution in [0.25, 0.3) is 0 Å². The fourth-order valence-electron chi connectivity index (χ4n) is 1.54. The molecule has 1 atom stereocenters. The number of hydrogen-bond donors (Lipinski definition) is 4. The molecule has 0 saturated carbocycles. The molecule has 0 saturated heterocycles. The molecule has 0 radical (unpaired) electrons. The maximum absolute atomic E-state index is 11.0. The first-order chi connectivity index (χ1) is 8.85. The van der Waals surface area contributed by atoms with Gasteiger partial charge in [-0.1, -0.05) is 0 Å². The van der Waals surface area contributed by atoms with Crippen molar-refractivity contribution in [2.24, 2.45) is 11.6 Å². The molecule has 0 bridgehead atoms. The first-order valence-corrected chi connectivity index (χ1v) is 5.39. The molecule has 0 aliphatic heterocycles. The van der Waals surface area contributed by atoms with E-state index in [0.29, 0.717) is 0 Å². The summed E-state index contributed by atoms with van der Waals surface area (Å²) in [5.74, 6) is 4.68. The van der Waals surface area contributed by atoms with Crippen LogP contribution in [0.15, 0.2) is 0 Å². The zero-order valence-corrected chi connectivity index (χ0v) is 10.5. The number of rotatable bonds is 6. The number of carbonyl (C=O) groups excluding carboxylic acids is 1. The number of hydrogen-bond acceptors (Lipinski definition) is 8. The van der Waals surface area contributed by atoms with Gasteiger partial charge < -0.3 is 11.1 Å². The predicted molar refractivity (Wildman–Crippen MR) is 68.1 cm³/mol. The van der Waals surface area contributed by atoms with E-state index in [9.17, 15) is 14.9 Å². The number of nitrogens with zero attached hydrogens (tertiary/aromatic N) is 3. The van der Waals surface area contributed by atoms with Gasteiger partial charge in [-0.15, -0.1) is 0 Å². The van der Waals surface area contributed by atoms with Gasteiger partial charge in [0.25, 0.3) is 0 Å². The summed E-state index contributed by atoms with van der Waals surface area (Å²) < 4.78 is 0. The number of nitro groups is 1. The minimum absolute atomic E-state index is 0.0146. The smallest absolute Gasteiger partial charge is 0.332 e. The molecule has 10 heteroatoms. The average molecular weight is 269 g/mol. The van der Waals surface area contributed by atoms with E-state index in [1.165, 1.54) is 6.92 Å². The monoisotopic (exact) mass is 269 g/mol. The van der Waals surface area contributed by atoms with Crippen LogP contribution in [0.2, 0.25) is 0 Å². The third-order valence-corrected chi connectivity index (χ3v) is 2.26. The van der Waals surface area contributed by atoms with Crippen LogP contribution in [-0.2, 0) is 4.79 Å². The highest BCUT2D eigenvalue weighted by atomic mass is 16.6. The number of nitrogens with two attached hydrogens (primary N) is 2. The molecule has 6 N–H and O–H groups in total. The summed E-state index contributed by atoms with van der Waals surface area (Å²) in [4.78, 5) is 28.9. The minimum Gasteiger partial charge on any atom is -0.370 e. The van der Waals surface area contributed by atoms with Gasteiger partial charge in [0.1, 0.15) is 5.69 Å². The summed E-state index contributed by atoms with van der Waals surface area (Å²) >= 11 is 0. The fourth-order valence-corrected chi connectivity index (χ4v) is 1.54. The number of nitrogen functional groups attached to an aromatic ring is 1. The molecule has 10 nitrogen and oxygen atoms in total. The Balaban J connectivity index is 3.12. The maximum atomic E-state index is 11.0. The van der Waals surface area contributed by atoms with Crippen molar-refractivity contribution in [1.82, 2.24) is 9.97 Å². The first kappa shape index (κ1) is 14.6. The van der Waals surface area contributed by atoms with Gasteiger partial charge in [0.15, 0.2) is 0 Å². The van der Waals surface area contributed by atoms with Crippen molar-refractivity contribution in [1.29, 1.82) is 0 Å². The van der Waals surface area contributed by atoms with Crippen molar-refractivity contribution in [3.63, 3.8) is 0 Å². The van der Waals surface area contributed by atoms with E-state index < -0.39 is 16.9 Å². The van der Waals surface area contributed by atoms with Crippen molar-refractivity contribution in [3.05, 3.63) is 15.8 Å². The van der Waals surface area contributed by atoms with Crippen LogP contribution in [0.5, 0.6) is 0 Å². The van der Waals surface area contributed by atoms with Crippen molar-refractivity contribution >= 4 is 23.4 Å². The number of hydrazine groups is 1. The first-order valence-electron chi connectivity index (χ1n) is 5.39. The van der Waals surface area contributed by atoms with Crippen molar-refractivity contribution in [2.75, 3.05) is 10.7 Å². The van der Waals surface area contributed by atoms with Crippen LogP contribution in [-0.4, -0.2) is 26.8 Å². The molecule has 0 spiro atoms. The van der Waals surface area contributed by atoms with Gasteiger partial charge in [-0.25, -0.2) is 10.8 Å². The Morgan fingerprint density at radius 1 is 1.53 bits per heavy atom. The SMILES string of the molecule is Cc1nc(NN)nc(NC(C)CC(N)=O)c1[N+](=O)[O-]. The lowest BCUT2D eigenvalue weighted by molar-refractivity contribution is -0.385. The number of primary amides is 1.